The van der Waals surface area contributed by atoms with E-state index in [-0.39, 0.29) is 0 Å². The second kappa shape index (κ2) is 6.03. The van der Waals surface area contributed by atoms with E-state index in [1.165, 1.54) is 31.2 Å². The Balaban J connectivity index is 2.04. The largest absolute Gasteiger partial charge is 0.550 e. The van der Waals surface area contributed by atoms with Gasteiger partial charge in [0.15, 0.2) is 0 Å². The third kappa shape index (κ3) is 3.09. The van der Waals surface area contributed by atoms with E-state index in [0.717, 1.165) is 29.6 Å². The van der Waals surface area contributed by atoms with Crippen molar-refractivity contribution in [3.63, 3.8) is 0 Å². The molecule has 0 saturated carbocycles. The molecule has 3 heterocycles. The summed E-state index contributed by atoms with van der Waals surface area (Å²) in [7, 11) is 0. The van der Waals surface area contributed by atoms with E-state index in [1.54, 1.807) is 11.0 Å². The zero-order valence-electron chi connectivity index (χ0n) is 12.0. The number of carbonyl (C=O) groups is 1. The Morgan fingerprint density at radius 3 is 2.71 bits per heavy atom. The fourth-order valence-corrected chi connectivity index (χ4v) is 2.76. The molecule has 21 heavy (non-hydrogen) atoms. The fourth-order valence-electron chi connectivity index (χ4n) is 2.76. The average Bonchev–Trinajstić information content (AvgIpc) is 2.90. The van der Waals surface area contributed by atoms with E-state index in [9.17, 15) is 4.79 Å². The van der Waals surface area contributed by atoms with Gasteiger partial charge in [0.2, 0.25) is 11.9 Å². The summed E-state index contributed by atoms with van der Waals surface area (Å²) in [4.78, 5) is 12.8. The van der Waals surface area contributed by atoms with Crippen LogP contribution < -0.4 is 9.36 Å². The first-order valence-electron chi connectivity index (χ1n) is 7.49. The third-order valence-electron chi connectivity index (χ3n) is 3.87. The average molecular weight is 288 g/mol. The zero-order valence-corrected chi connectivity index (χ0v) is 12.0. The topological polar surface area (TPSA) is 62.9 Å². The molecule has 0 radical (unpaired) electrons. The van der Waals surface area contributed by atoms with Crippen LogP contribution in [-0.2, 0) is 12.8 Å². The van der Waals surface area contributed by atoms with Gasteiger partial charge < -0.3 is 5.11 Å². The van der Waals surface area contributed by atoms with Crippen LogP contribution in [0.2, 0.25) is 0 Å². The van der Waals surface area contributed by atoms with Gasteiger partial charge in [-0.1, -0.05) is 30.0 Å². The molecule has 1 aliphatic heterocycles. The minimum atomic E-state index is -1.06. The molecule has 1 aliphatic rings. The van der Waals surface area contributed by atoms with E-state index in [0.29, 0.717) is 0 Å². The molecule has 0 saturated heterocycles. The number of aryl methyl sites for hydroxylation is 2. The molecule has 3 rings (SSSR count). The minimum absolute atomic E-state index is 0.838. The number of rotatable bonds is 0. The summed E-state index contributed by atoms with van der Waals surface area (Å²) >= 11 is 0. The van der Waals surface area contributed by atoms with Crippen molar-refractivity contribution in [2.75, 3.05) is 0 Å². The highest BCUT2D eigenvalue weighted by atomic mass is 16.4. The number of nitrogens with zero attached hydrogens (tertiary/aromatic N) is 4. The molecule has 0 atom stereocenters. The lowest BCUT2D eigenvalue weighted by atomic mass is 10.1. The van der Waals surface area contributed by atoms with Crippen LogP contribution >= 0.6 is 0 Å². The first-order chi connectivity index (χ1) is 10.2. The molecular weight excluding hydrogens is 268 g/mol. The molecule has 2 bridgehead atoms. The molecule has 6 nitrogen and oxygen atoms in total. The van der Waals surface area contributed by atoms with Crippen LogP contribution in [-0.4, -0.2) is 21.2 Å². The molecule has 6 heteroatoms. The van der Waals surface area contributed by atoms with Gasteiger partial charge in [-0.2, -0.15) is 4.79 Å². The SMILES string of the molecule is O=C(O)[n+]1cc2n(n1)-[n+]1cccc(c1)CCCCCCC2. The molecule has 0 amide bonds. The Morgan fingerprint density at radius 2 is 1.90 bits per heavy atom. The zero-order chi connectivity index (χ0) is 14.7. The number of fused-ring (bicyclic) bond motifs is 4. The molecule has 2 aromatic heterocycles. The number of pyridine rings is 1. The van der Waals surface area contributed by atoms with Gasteiger partial charge >= 0.3 is 11.3 Å². The van der Waals surface area contributed by atoms with Crippen LogP contribution in [0.15, 0.2) is 30.7 Å². The van der Waals surface area contributed by atoms with Gasteiger partial charge in [0, 0.05) is 6.42 Å². The maximum Gasteiger partial charge on any atom is 0.550 e. The van der Waals surface area contributed by atoms with Crippen LogP contribution in [0.1, 0.15) is 43.4 Å². The van der Waals surface area contributed by atoms with Crippen molar-refractivity contribution in [1.82, 2.24) is 10.0 Å². The normalized spacial score (nSPS) is 15.6. The Morgan fingerprint density at radius 1 is 1.14 bits per heavy atom. The van der Waals surface area contributed by atoms with Crippen LogP contribution in [0.4, 0.5) is 4.79 Å². The quantitative estimate of drug-likeness (QED) is 0.744. The van der Waals surface area contributed by atoms with Crippen molar-refractivity contribution in [3.8, 4) is 0 Å². The number of hydrogen-bond donors (Lipinski definition) is 1. The molecule has 1 N–H and O–H groups in total. The predicted molar refractivity (Wildman–Crippen MR) is 73.8 cm³/mol. The van der Waals surface area contributed by atoms with Gasteiger partial charge in [0.25, 0.3) is 0 Å². The van der Waals surface area contributed by atoms with Crippen molar-refractivity contribution in [2.45, 2.75) is 44.9 Å². The molecule has 0 spiro atoms. The Hall–Kier alpha value is -2.24. The maximum absolute atomic E-state index is 11.1. The molecule has 110 valence electrons. The molecular formula is C15H20N4O2+2. The van der Waals surface area contributed by atoms with Gasteiger partial charge in [-0.05, 0) is 30.9 Å². The lowest BCUT2D eigenvalue weighted by Crippen LogP contribution is -2.49. The van der Waals surface area contributed by atoms with Crippen molar-refractivity contribution in [2.24, 2.45) is 0 Å². The summed E-state index contributed by atoms with van der Waals surface area (Å²) in [5.74, 6) is 0. The van der Waals surface area contributed by atoms with Gasteiger partial charge in [-0.3, -0.25) is 0 Å². The summed E-state index contributed by atoms with van der Waals surface area (Å²) in [6, 6.07) is 4.09. The van der Waals surface area contributed by atoms with Gasteiger partial charge in [-0.25, -0.2) is 0 Å². The van der Waals surface area contributed by atoms with Gasteiger partial charge in [-0.15, -0.1) is 0 Å². The number of carboxylic acid groups (broad SMARTS) is 1. The highest BCUT2D eigenvalue weighted by Crippen LogP contribution is 2.11. The monoisotopic (exact) mass is 288 g/mol. The third-order valence-corrected chi connectivity index (χ3v) is 3.87. The minimum Gasteiger partial charge on any atom is -0.444 e. The van der Waals surface area contributed by atoms with Crippen LogP contribution in [0.3, 0.4) is 0 Å². The first kappa shape index (κ1) is 13.7. The molecule has 0 unspecified atom stereocenters. The maximum atomic E-state index is 11.1. The highest BCUT2D eigenvalue weighted by molar-refractivity contribution is 5.52. The van der Waals surface area contributed by atoms with E-state index in [2.05, 4.69) is 11.3 Å². The summed E-state index contributed by atoms with van der Waals surface area (Å²) in [5.41, 5.74) is 2.17. The lowest BCUT2D eigenvalue weighted by molar-refractivity contribution is -0.765. The van der Waals surface area contributed by atoms with E-state index in [1.807, 2.05) is 23.1 Å². The van der Waals surface area contributed by atoms with Crippen molar-refractivity contribution >= 4 is 6.09 Å². The Kier molecular flexibility index (Phi) is 3.94. The van der Waals surface area contributed by atoms with Crippen LogP contribution in [0.5, 0.6) is 0 Å². The van der Waals surface area contributed by atoms with Crippen LogP contribution in [0.25, 0.3) is 0 Å². The van der Waals surface area contributed by atoms with Crippen LogP contribution in [0, 0.1) is 0 Å². The van der Waals surface area contributed by atoms with Crippen molar-refractivity contribution < 1.29 is 19.3 Å². The number of hydrogen-bond acceptors (Lipinski definition) is 2. The Bertz CT molecular complexity index is 651. The fraction of sp³-hybridized carbons (Fsp3) is 0.467. The number of aromatic nitrogens is 4. The van der Waals surface area contributed by atoms with Crippen molar-refractivity contribution in [3.05, 3.63) is 42.0 Å². The predicted octanol–water partition coefficient (Wildman–Crippen LogP) is 1.34. The van der Waals surface area contributed by atoms with E-state index < -0.39 is 6.09 Å². The second-order valence-electron chi connectivity index (χ2n) is 5.49. The molecule has 0 aliphatic carbocycles. The highest BCUT2D eigenvalue weighted by Gasteiger charge is 2.30. The standard InChI is InChI=1S/C15H19N4O2/c20-15(21)18-12-14-9-5-3-1-2-4-7-13-8-6-10-17(11-13)19(14)16-18/h6,8,10-12H,1-5,7,9H2/q+1/p+1. The summed E-state index contributed by atoms with van der Waals surface area (Å²) < 4.78 is 2.85. The van der Waals surface area contributed by atoms with Gasteiger partial charge in [0.05, 0.1) is 4.68 Å². The summed E-state index contributed by atoms with van der Waals surface area (Å²) in [6.07, 6.45) is 12.3. The smallest absolute Gasteiger partial charge is 0.444 e. The van der Waals surface area contributed by atoms with E-state index >= 15 is 0 Å². The molecule has 0 aromatic carbocycles. The Labute approximate surface area is 123 Å². The van der Waals surface area contributed by atoms with Gasteiger partial charge in [0.1, 0.15) is 17.2 Å². The molecule has 2 aromatic rings. The summed E-state index contributed by atoms with van der Waals surface area (Å²) in [6.45, 7) is 0. The van der Waals surface area contributed by atoms with E-state index in [4.69, 9.17) is 5.11 Å². The lowest BCUT2D eigenvalue weighted by Gasteiger charge is -2.03. The molecule has 0 fully saturated rings. The summed E-state index contributed by atoms with van der Waals surface area (Å²) in [5, 5.41) is 13.3. The van der Waals surface area contributed by atoms with Crippen molar-refractivity contribution in [1.29, 1.82) is 0 Å². The second-order valence-corrected chi connectivity index (χ2v) is 5.49. The first-order valence-corrected chi connectivity index (χ1v) is 7.49.